The second-order valence-corrected chi connectivity index (χ2v) is 11.6. The zero-order valence-electron chi connectivity index (χ0n) is 17.8. The number of aliphatic hydroxyl groups is 1. The molecule has 0 amide bonds. The molecule has 170 valence electrons. The van der Waals surface area contributed by atoms with Crippen molar-refractivity contribution in [1.82, 2.24) is 15.0 Å². The smallest absolute Gasteiger partial charge is 0.248 e. The molecule has 1 aliphatic carbocycles. The van der Waals surface area contributed by atoms with Gasteiger partial charge in [-0.3, -0.25) is 0 Å². The largest absolute Gasteiger partial charge is 0.396 e. The number of nitrogens with one attached hydrogen (secondary N) is 1. The molecule has 0 radical (unpaired) electrons. The summed E-state index contributed by atoms with van der Waals surface area (Å²) < 4.78 is 37.4. The Labute approximate surface area is 189 Å². The highest BCUT2D eigenvalue weighted by Gasteiger charge is 2.54. The molecular weight excluding hydrogens is 452 g/mol. The third-order valence-corrected chi connectivity index (χ3v) is 7.69. The Bertz CT molecular complexity index is 1240. The quantitative estimate of drug-likeness (QED) is 0.534. The predicted molar refractivity (Wildman–Crippen MR) is 120 cm³/mol. The number of thiazole rings is 1. The van der Waals surface area contributed by atoms with Gasteiger partial charge in [-0.2, -0.15) is 0 Å². The van der Waals surface area contributed by atoms with Gasteiger partial charge in [-0.05, 0) is 32.4 Å². The molecule has 5 rings (SSSR count). The molecule has 1 saturated carbocycles. The van der Waals surface area contributed by atoms with Gasteiger partial charge in [-0.15, -0.1) is 11.3 Å². The van der Waals surface area contributed by atoms with Gasteiger partial charge in [0.1, 0.15) is 16.9 Å². The van der Waals surface area contributed by atoms with E-state index in [9.17, 15) is 13.5 Å². The maximum absolute atomic E-state index is 12.1. The number of para-hydroxylation sites is 1. The van der Waals surface area contributed by atoms with Crippen molar-refractivity contribution < 1.29 is 23.0 Å². The van der Waals surface area contributed by atoms with Crippen LogP contribution in [-0.2, 0) is 19.3 Å². The lowest BCUT2D eigenvalue weighted by Crippen LogP contribution is -2.35. The van der Waals surface area contributed by atoms with Gasteiger partial charge >= 0.3 is 0 Å². The average Bonchev–Trinajstić information content (AvgIpc) is 3.38. The number of fused-ring (bicyclic) bond motifs is 2. The van der Waals surface area contributed by atoms with E-state index in [4.69, 9.17) is 9.47 Å². The highest BCUT2D eigenvalue weighted by Crippen LogP contribution is 2.43. The summed E-state index contributed by atoms with van der Waals surface area (Å²) in [7, 11) is -3.61. The summed E-state index contributed by atoms with van der Waals surface area (Å²) in [6.45, 7) is 3.66. The van der Waals surface area contributed by atoms with E-state index in [1.807, 2.05) is 38.1 Å². The summed E-state index contributed by atoms with van der Waals surface area (Å²) in [6.07, 6.45) is 2.61. The van der Waals surface area contributed by atoms with Crippen molar-refractivity contribution in [2.75, 3.05) is 18.2 Å². The Hall–Kier alpha value is -2.18. The Balaban J connectivity index is 1.56. The van der Waals surface area contributed by atoms with Crippen LogP contribution in [0.3, 0.4) is 0 Å². The number of aliphatic hydroxyl groups excluding tert-OH is 1. The molecule has 2 aliphatic rings. The molecule has 1 aliphatic heterocycles. The topological polar surface area (TPSA) is 124 Å². The van der Waals surface area contributed by atoms with E-state index < -0.39 is 15.6 Å². The first-order valence-corrected chi connectivity index (χ1v) is 13.0. The SMILES string of the molecule is CC1(C)O[C@@H]2[C@@H](CO)C[C@@H](Nc3nc(S(C)(=O)=O)ncc3-c3nc4ccccc4s3)[C@@H]2O1. The van der Waals surface area contributed by atoms with Crippen LogP contribution in [0, 0.1) is 5.92 Å². The second kappa shape index (κ2) is 7.70. The number of ether oxygens (including phenoxy) is 2. The van der Waals surface area contributed by atoms with Crippen LogP contribution >= 0.6 is 11.3 Å². The Kier molecular flexibility index (Phi) is 5.21. The zero-order chi connectivity index (χ0) is 22.7. The fourth-order valence-corrected chi connectivity index (χ4v) is 5.86. The molecule has 3 heterocycles. The molecule has 0 spiro atoms. The van der Waals surface area contributed by atoms with Crippen LogP contribution in [0.1, 0.15) is 20.3 Å². The molecular formula is C21H24N4O5S2. The van der Waals surface area contributed by atoms with Gasteiger partial charge in [-0.1, -0.05) is 12.1 Å². The highest BCUT2D eigenvalue weighted by molar-refractivity contribution is 7.90. The molecule has 11 heteroatoms. The molecule has 2 N–H and O–H groups in total. The summed E-state index contributed by atoms with van der Waals surface area (Å²) >= 11 is 1.48. The van der Waals surface area contributed by atoms with Gasteiger partial charge in [0.05, 0.1) is 27.9 Å². The van der Waals surface area contributed by atoms with E-state index in [-0.39, 0.29) is 35.9 Å². The van der Waals surface area contributed by atoms with Crippen LogP contribution in [0.5, 0.6) is 0 Å². The standard InChI is InChI=1S/C21H24N4O5S2/c1-21(2)29-16-11(10-26)8-14(17(16)30-21)23-18-12(9-22-20(25-18)32(3,27)28)19-24-13-6-4-5-7-15(13)31-19/h4-7,9,11,14,16-17,26H,8,10H2,1-3H3,(H,22,23,25)/t11-,14-,16-,17+/m1/s1. The summed E-state index contributed by atoms with van der Waals surface area (Å²) in [6, 6.07) is 7.54. The minimum atomic E-state index is -3.61. The highest BCUT2D eigenvalue weighted by atomic mass is 32.2. The van der Waals surface area contributed by atoms with Crippen molar-refractivity contribution >= 4 is 37.2 Å². The van der Waals surface area contributed by atoms with E-state index in [1.54, 1.807) is 0 Å². The van der Waals surface area contributed by atoms with Gasteiger partial charge < -0.3 is 19.9 Å². The van der Waals surface area contributed by atoms with Crippen LogP contribution in [0.25, 0.3) is 20.8 Å². The molecule has 0 unspecified atom stereocenters. The Morgan fingerprint density at radius 2 is 1.97 bits per heavy atom. The van der Waals surface area contributed by atoms with E-state index in [1.165, 1.54) is 17.5 Å². The van der Waals surface area contributed by atoms with Crippen molar-refractivity contribution in [3.8, 4) is 10.6 Å². The van der Waals surface area contributed by atoms with Crippen LogP contribution < -0.4 is 5.32 Å². The third kappa shape index (κ3) is 3.88. The number of anilines is 1. The summed E-state index contributed by atoms with van der Waals surface area (Å²) in [5.41, 5.74) is 1.46. The van der Waals surface area contributed by atoms with Crippen molar-refractivity contribution in [2.24, 2.45) is 5.92 Å². The summed E-state index contributed by atoms with van der Waals surface area (Å²) in [5.74, 6) is -0.487. The minimum absolute atomic E-state index is 0.0259. The maximum Gasteiger partial charge on any atom is 0.248 e. The van der Waals surface area contributed by atoms with Crippen molar-refractivity contribution in [1.29, 1.82) is 0 Å². The normalized spacial score (nSPS) is 27.0. The lowest BCUT2D eigenvalue weighted by molar-refractivity contribution is -0.158. The fraction of sp³-hybridized carbons (Fsp3) is 0.476. The van der Waals surface area contributed by atoms with Crippen LogP contribution in [0.15, 0.2) is 35.6 Å². The van der Waals surface area contributed by atoms with E-state index in [0.717, 1.165) is 16.5 Å². The number of aromatic nitrogens is 3. The van der Waals surface area contributed by atoms with Crippen LogP contribution in [-0.4, -0.2) is 65.4 Å². The Morgan fingerprint density at radius 1 is 1.22 bits per heavy atom. The molecule has 3 aromatic rings. The number of sulfone groups is 1. The number of hydrogen-bond acceptors (Lipinski definition) is 10. The molecule has 1 saturated heterocycles. The summed E-state index contributed by atoms with van der Waals surface area (Å²) in [4.78, 5) is 13.1. The molecule has 2 fully saturated rings. The van der Waals surface area contributed by atoms with Crippen molar-refractivity contribution in [3.05, 3.63) is 30.5 Å². The van der Waals surface area contributed by atoms with Gasteiger partial charge in [0.15, 0.2) is 5.79 Å². The number of hydrogen-bond donors (Lipinski definition) is 2. The van der Waals surface area contributed by atoms with Gasteiger partial charge in [0.2, 0.25) is 15.0 Å². The van der Waals surface area contributed by atoms with Crippen molar-refractivity contribution in [2.45, 2.75) is 49.5 Å². The van der Waals surface area contributed by atoms with Gasteiger partial charge in [-0.25, -0.2) is 23.4 Å². The van der Waals surface area contributed by atoms with Gasteiger partial charge in [0.25, 0.3) is 0 Å². The first kappa shape index (κ1) is 21.7. The number of rotatable bonds is 5. The van der Waals surface area contributed by atoms with Crippen LogP contribution in [0.2, 0.25) is 0 Å². The Morgan fingerprint density at radius 3 is 2.69 bits per heavy atom. The first-order valence-electron chi connectivity index (χ1n) is 10.3. The maximum atomic E-state index is 12.1. The number of nitrogens with zero attached hydrogens (tertiary/aromatic N) is 3. The van der Waals surface area contributed by atoms with Crippen LogP contribution in [0.4, 0.5) is 5.82 Å². The predicted octanol–water partition coefficient (Wildman–Crippen LogP) is 2.47. The lowest BCUT2D eigenvalue weighted by Gasteiger charge is -2.24. The second-order valence-electron chi connectivity index (χ2n) is 8.67. The summed E-state index contributed by atoms with van der Waals surface area (Å²) in [5, 5.41) is 13.7. The zero-order valence-corrected chi connectivity index (χ0v) is 19.5. The van der Waals surface area contributed by atoms with E-state index in [0.29, 0.717) is 22.8 Å². The lowest BCUT2D eigenvalue weighted by atomic mass is 10.1. The first-order chi connectivity index (χ1) is 15.1. The fourth-order valence-electron chi connectivity index (χ4n) is 4.38. The third-order valence-electron chi connectivity index (χ3n) is 5.76. The van der Waals surface area contributed by atoms with Gasteiger partial charge in [0, 0.05) is 25.0 Å². The molecule has 2 aromatic heterocycles. The minimum Gasteiger partial charge on any atom is -0.396 e. The van der Waals surface area contributed by atoms with E-state index >= 15 is 0 Å². The average molecular weight is 477 g/mol. The molecule has 1 aromatic carbocycles. The number of benzene rings is 1. The monoisotopic (exact) mass is 476 g/mol. The van der Waals surface area contributed by atoms with E-state index in [2.05, 4.69) is 20.3 Å². The molecule has 32 heavy (non-hydrogen) atoms. The molecule has 4 atom stereocenters. The molecule has 0 bridgehead atoms. The van der Waals surface area contributed by atoms with Crippen molar-refractivity contribution in [3.63, 3.8) is 0 Å². The molecule has 9 nitrogen and oxygen atoms in total.